The van der Waals surface area contributed by atoms with E-state index in [-0.39, 0.29) is 5.89 Å². The molecule has 0 aliphatic rings. The Labute approximate surface area is 173 Å². The van der Waals surface area contributed by atoms with E-state index in [9.17, 15) is 0 Å². The van der Waals surface area contributed by atoms with E-state index < -0.39 is 0 Å². The molecule has 0 aliphatic heterocycles. The number of aryl methyl sites for hydroxylation is 2. The normalized spacial score (nSPS) is 10.9. The highest BCUT2D eigenvalue weighted by Crippen LogP contribution is 2.32. The Kier molecular flexibility index (Phi) is 5.27. The van der Waals surface area contributed by atoms with Crippen LogP contribution in [-0.2, 0) is 6.61 Å². The molecule has 0 bridgehead atoms. The SMILES string of the molecule is COc1ccc(Cl)cc1-c1noc(-c2ccc(COc3cc(C)cc(C)c3)o2)n1. The summed E-state index contributed by atoms with van der Waals surface area (Å²) in [6.45, 7) is 4.37. The van der Waals surface area contributed by atoms with Gasteiger partial charge < -0.3 is 18.4 Å². The lowest BCUT2D eigenvalue weighted by molar-refractivity contribution is 0.270. The summed E-state index contributed by atoms with van der Waals surface area (Å²) in [5, 5.41) is 4.57. The first-order valence-corrected chi connectivity index (χ1v) is 9.37. The molecule has 29 heavy (non-hydrogen) atoms. The quantitative estimate of drug-likeness (QED) is 0.396. The molecule has 0 saturated heterocycles. The second-order valence-corrected chi connectivity index (χ2v) is 7.08. The molecule has 0 unspecified atom stereocenters. The molecule has 4 aromatic rings. The summed E-state index contributed by atoms with van der Waals surface area (Å²) in [6.07, 6.45) is 0. The van der Waals surface area contributed by atoms with Crippen molar-refractivity contribution >= 4 is 11.6 Å². The Morgan fingerprint density at radius 3 is 2.55 bits per heavy atom. The van der Waals surface area contributed by atoms with Gasteiger partial charge in [-0.2, -0.15) is 4.98 Å². The zero-order chi connectivity index (χ0) is 20.4. The van der Waals surface area contributed by atoms with Gasteiger partial charge in [-0.15, -0.1) is 0 Å². The van der Waals surface area contributed by atoms with Crippen molar-refractivity contribution in [2.24, 2.45) is 0 Å². The Bertz CT molecular complexity index is 1130. The second kappa shape index (κ2) is 8.01. The predicted molar refractivity (Wildman–Crippen MR) is 109 cm³/mol. The van der Waals surface area contributed by atoms with Gasteiger partial charge in [-0.05, 0) is 67.4 Å². The average Bonchev–Trinajstić information content (AvgIpc) is 3.35. The molecule has 0 fully saturated rings. The smallest absolute Gasteiger partial charge is 0.293 e. The number of hydrogen-bond acceptors (Lipinski definition) is 6. The van der Waals surface area contributed by atoms with E-state index in [0.717, 1.165) is 16.9 Å². The standard InChI is InChI=1S/C22H19ClN2O4/c1-13-8-14(2)10-17(9-13)27-12-16-5-7-20(28-16)22-24-21(25-29-22)18-11-15(23)4-6-19(18)26-3/h4-11H,12H2,1-3H3. The van der Waals surface area contributed by atoms with E-state index in [2.05, 4.69) is 16.2 Å². The number of nitrogens with zero attached hydrogens (tertiary/aromatic N) is 2. The monoisotopic (exact) mass is 410 g/mol. The molecule has 6 nitrogen and oxygen atoms in total. The molecule has 0 spiro atoms. The van der Waals surface area contributed by atoms with Crippen LogP contribution in [0.2, 0.25) is 5.02 Å². The molecule has 0 aliphatic carbocycles. The van der Waals surface area contributed by atoms with Crippen LogP contribution in [0.25, 0.3) is 23.0 Å². The largest absolute Gasteiger partial charge is 0.496 e. The second-order valence-electron chi connectivity index (χ2n) is 6.65. The molecule has 148 valence electrons. The minimum atomic E-state index is 0.264. The molecule has 7 heteroatoms. The summed E-state index contributed by atoms with van der Waals surface area (Å²) in [6, 6.07) is 14.9. The van der Waals surface area contributed by atoms with Gasteiger partial charge in [0.05, 0.1) is 12.7 Å². The third-order valence-corrected chi connectivity index (χ3v) is 4.51. The molecule has 2 aromatic carbocycles. The third kappa shape index (κ3) is 4.27. The summed E-state index contributed by atoms with van der Waals surface area (Å²) < 4.78 is 22.3. The van der Waals surface area contributed by atoms with Crippen LogP contribution in [-0.4, -0.2) is 17.3 Å². The van der Waals surface area contributed by atoms with Crippen LogP contribution in [0.4, 0.5) is 0 Å². The first kappa shape index (κ1) is 19.1. The summed E-state index contributed by atoms with van der Waals surface area (Å²) in [7, 11) is 1.57. The molecule has 2 heterocycles. The predicted octanol–water partition coefficient (Wildman–Crippen LogP) is 5.85. The average molecular weight is 411 g/mol. The van der Waals surface area contributed by atoms with E-state index in [0.29, 0.717) is 40.3 Å². The molecular weight excluding hydrogens is 392 g/mol. The van der Waals surface area contributed by atoms with Crippen LogP contribution in [0.15, 0.2) is 57.5 Å². The van der Waals surface area contributed by atoms with Gasteiger partial charge in [0.1, 0.15) is 23.9 Å². The fourth-order valence-electron chi connectivity index (χ4n) is 3.03. The van der Waals surface area contributed by atoms with E-state index in [1.165, 1.54) is 0 Å². The van der Waals surface area contributed by atoms with Gasteiger partial charge in [-0.1, -0.05) is 22.8 Å². The van der Waals surface area contributed by atoms with Gasteiger partial charge in [0, 0.05) is 5.02 Å². The number of methoxy groups -OCH3 is 1. The molecule has 0 amide bonds. The van der Waals surface area contributed by atoms with Gasteiger partial charge >= 0.3 is 0 Å². The Morgan fingerprint density at radius 2 is 1.79 bits per heavy atom. The van der Waals surface area contributed by atoms with Gasteiger partial charge in [0.15, 0.2) is 5.76 Å². The number of rotatable bonds is 6. The Balaban J connectivity index is 1.51. The van der Waals surface area contributed by atoms with Gasteiger partial charge in [-0.25, -0.2) is 0 Å². The fraction of sp³-hybridized carbons (Fsp3) is 0.182. The number of aromatic nitrogens is 2. The number of furan rings is 1. The van der Waals surface area contributed by atoms with Crippen LogP contribution in [0.5, 0.6) is 11.5 Å². The first-order chi connectivity index (χ1) is 14.0. The zero-order valence-electron chi connectivity index (χ0n) is 16.2. The fourth-order valence-corrected chi connectivity index (χ4v) is 3.20. The molecule has 0 radical (unpaired) electrons. The van der Waals surface area contributed by atoms with Gasteiger partial charge in [0.2, 0.25) is 5.82 Å². The lowest BCUT2D eigenvalue weighted by atomic mass is 10.1. The maximum Gasteiger partial charge on any atom is 0.293 e. The van der Waals surface area contributed by atoms with Crippen molar-refractivity contribution in [1.29, 1.82) is 0 Å². The molecule has 4 rings (SSSR count). The maximum atomic E-state index is 6.08. The van der Waals surface area contributed by atoms with Crippen LogP contribution < -0.4 is 9.47 Å². The van der Waals surface area contributed by atoms with E-state index >= 15 is 0 Å². The summed E-state index contributed by atoms with van der Waals surface area (Å²) in [5.41, 5.74) is 2.94. The minimum Gasteiger partial charge on any atom is -0.496 e. The third-order valence-electron chi connectivity index (χ3n) is 4.28. The van der Waals surface area contributed by atoms with Crippen molar-refractivity contribution in [2.75, 3.05) is 7.11 Å². The van der Waals surface area contributed by atoms with Gasteiger partial charge in [0.25, 0.3) is 5.89 Å². The number of benzene rings is 2. The van der Waals surface area contributed by atoms with Crippen LogP contribution in [0, 0.1) is 13.8 Å². The van der Waals surface area contributed by atoms with E-state index in [1.54, 1.807) is 31.4 Å². The highest BCUT2D eigenvalue weighted by molar-refractivity contribution is 6.30. The summed E-state index contributed by atoms with van der Waals surface area (Å²) in [4.78, 5) is 4.40. The number of hydrogen-bond donors (Lipinski definition) is 0. The van der Waals surface area contributed by atoms with E-state index in [4.69, 9.17) is 30.0 Å². The van der Waals surface area contributed by atoms with Crippen molar-refractivity contribution in [3.05, 3.63) is 70.4 Å². The van der Waals surface area contributed by atoms with Crippen LogP contribution in [0.3, 0.4) is 0 Å². The number of ether oxygens (including phenoxy) is 2. The molecule has 2 aromatic heterocycles. The van der Waals surface area contributed by atoms with E-state index in [1.807, 2.05) is 32.0 Å². The molecular formula is C22H19ClN2O4. The van der Waals surface area contributed by atoms with Crippen molar-refractivity contribution in [3.8, 4) is 34.5 Å². The summed E-state index contributed by atoms with van der Waals surface area (Å²) >= 11 is 6.08. The van der Waals surface area contributed by atoms with Gasteiger partial charge in [-0.3, -0.25) is 0 Å². The van der Waals surface area contributed by atoms with Crippen molar-refractivity contribution in [3.63, 3.8) is 0 Å². The van der Waals surface area contributed by atoms with Crippen molar-refractivity contribution in [1.82, 2.24) is 10.1 Å². The highest BCUT2D eigenvalue weighted by atomic mass is 35.5. The Morgan fingerprint density at radius 1 is 1.00 bits per heavy atom. The maximum absolute atomic E-state index is 6.08. The Hall–Kier alpha value is -3.25. The van der Waals surface area contributed by atoms with Crippen molar-refractivity contribution in [2.45, 2.75) is 20.5 Å². The highest BCUT2D eigenvalue weighted by Gasteiger charge is 2.17. The number of halogens is 1. The zero-order valence-corrected chi connectivity index (χ0v) is 17.0. The van der Waals surface area contributed by atoms with Crippen LogP contribution in [0.1, 0.15) is 16.9 Å². The topological polar surface area (TPSA) is 70.5 Å². The molecule has 0 atom stereocenters. The molecule has 0 saturated carbocycles. The van der Waals surface area contributed by atoms with Crippen molar-refractivity contribution < 1.29 is 18.4 Å². The first-order valence-electron chi connectivity index (χ1n) is 8.99. The van der Waals surface area contributed by atoms with Crippen LogP contribution >= 0.6 is 11.6 Å². The summed E-state index contributed by atoms with van der Waals surface area (Å²) in [5.74, 6) is 3.14. The minimum absolute atomic E-state index is 0.264. The lowest BCUT2D eigenvalue weighted by Crippen LogP contribution is -1.94. The molecule has 0 N–H and O–H groups in total. The lowest BCUT2D eigenvalue weighted by Gasteiger charge is -2.06.